The van der Waals surface area contributed by atoms with Crippen LogP contribution < -0.4 is 4.57 Å². The number of nitrogens with zero attached hydrogens (tertiary/aromatic N) is 2. The second-order valence-electron chi connectivity index (χ2n) is 8.51. The van der Waals surface area contributed by atoms with Gasteiger partial charge < -0.3 is 4.42 Å². The van der Waals surface area contributed by atoms with Crippen molar-refractivity contribution in [1.82, 2.24) is 0 Å². The first-order valence-corrected chi connectivity index (χ1v) is 11.0. The van der Waals surface area contributed by atoms with Crippen molar-refractivity contribution in [2.24, 2.45) is 7.05 Å². The van der Waals surface area contributed by atoms with E-state index in [2.05, 4.69) is 72.2 Å². The molecule has 0 bridgehead atoms. The number of aryl methyl sites for hydroxylation is 2. The van der Waals surface area contributed by atoms with Crippen molar-refractivity contribution >= 4 is 32.7 Å². The summed E-state index contributed by atoms with van der Waals surface area (Å²) in [4.78, 5) is 0. The number of hydrogen-bond acceptors (Lipinski definition) is 2. The highest BCUT2D eigenvalue weighted by Crippen LogP contribution is 2.40. The number of hydrogen-bond donors (Lipinski definition) is 0. The van der Waals surface area contributed by atoms with Gasteiger partial charge in [0.2, 0.25) is 5.69 Å². The molecule has 0 unspecified atom stereocenters. The Hall–Kier alpha value is -4.42. The summed E-state index contributed by atoms with van der Waals surface area (Å²) in [6, 6.07) is 31.6. The van der Waals surface area contributed by atoms with Crippen molar-refractivity contribution in [3.8, 4) is 28.5 Å². The molecule has 0 radical (unpaired) electrons. The van der Waals surface area contributed by atoms with Crippen LogP contribution in [0.5, 0.6) is 0 Å². The van der Waals surface area contributed by atoms with E-state index in [1.165, 1.54) is 10.8 Å². The van der Waals surface area contributed by atoms with Gasteiger partial charge in [0, 0.05) is 22.9 Å². The first-order valence-electron chi connectivity index (χ1n) is 11.0. The van der Waals surface area contributed by atoms with Crippen molar-refractivity contribution in [3.05, 3.63) is 102 Å². The Morgan fingerprint density at radius 2 is 1.58 bits per heavy atom. The van der Waals surface area contributed by atoms with E-state index in [9.17, 15) is 5.26 Å². The Labute approximate surface area is 191 Å². The van der Waals surface area contributed by atoms with Crippen molar-refractivity contribution in [2.45, 2.75) is 6.92 Å². The van der Waals surface area contributed by atoms with Gasteiger partial charge in [-0.05, 0) is 58.7 Å². The van der Waals surface area contributed by atoms with Crippen LogP contribution in [-0.2, 0) is 7.05 Å². The van der Waals surface area contributed by atoms with Crippen LogP contribution in [-0.4, -0.2) is 0 Å². The Kier molecular flexibility index (Phi) is 4.28. The summed E-state index contributed by atoms with van der Waals surface area (Å²) in [7, 11) is 2.04. The van der Waals surface area contributed by atoms with E-state index in [1.54, 1.807) is 0 Å². The molecule has 156 valence electrons. The van der Waals surface area contributed by atoms with Crippen LogP contribution >= 0.6 is 0 Å². The van der Waals surface area contributed by atoms with E-state index < -0.39 is 0 Å². The van der Waals surface area contributed by atoms with E-state index in [0.29, 0.717) is 11.1 Å². The third kappa shape index (κ3) is 3.00. The van der Waals surface area contributed by atoms with Gasteiger partial charge in [-0.3, -0.25) is 0 Å². The maximum absolute atomic E-state index is 9.97. The van der Waals surface area contributed by atoms with Crippen molar-refractivity contribution in [1.29, 1.82) is 5.26 Å². The normalized spacial score (nSPS) is 11.3. The van der Waals surface area contributed by atoms with Gasteiger partial charge in [0.1, 0.15) is 18.7 Å². The lowest BCUT2D eigenvalue weighted by Gasteiger charge is -2.06. The number of nitriles is 1. The molecule has 0 atom stereocenters. The lowest BCUT2D eigenvalue weighted by atomic mass is 9.96. The summed E-state index contributed by atoms with van der Waals surface area (Å²) >= 11 is 0. The number of pyridine rings is 1. The molecule has 0 aliphatic rings. The second-order valence-corrected chi connectivity index (χ2v) is 8.51. The molecular weight excluding hydrogens is 404 g/mol. The minimum absolute atomic E-state index is 0.549. The van der Waals surface area contributed by atoms with Gasteiger partial charge in [0.05, 0.1) is 11.1 Å². The summed E-state index contributed by atoms with van der Waals surface area (Å²) in [6.45, 7) is 2.10. The van der Waals surface area contributed by atoms with E-state index in [1.807, 2.05) is 43.6 Å². The molecule has 0 fully saturated rings. The molecule has 2 heterocycles. The molecule has 33 heavy (non-hydrogen) atoms. The summed E-state index contributed by atoms with van der Waals surface area (Å²) in [5, 5.41) is 14.3. The Morgan fingerprint density at radius 1 is 0.758 bits per heavy atom. The standard InChI is InChI=1S/C30H21N2O/c1-19-10-13-25-26-17-23(22-12-11-20-7-3-4-8-21(20)15-22)16-24(18-31)29(26)33-30(25)28(19)27-9-5-6-14-32(27)2/h3-17H,1-2H3/q+1. The third-order valence-corrected chi connectivity index (χ3v) is 6.46. The highest BCUT2D eigenvalue weighted by atomic mass is 16.3. The average Bonchev–Trinajstić information content (AvgIpc) is 3.22. The van der Waals surface area contributed by atoms with Crippen LogP contribution in [0.15, 0.2) is 95.5 Å². The van der Waals surface area contributed by atoms with E-state index in [0.717, 1.165) is 44.3 Å². The monoisotopic (exact) mass is 425 g/mol. The van der Waals surface area contributed by atoms with E-state index in [-0.39, 0.29) is 0 Å². The molecule has 6 aromatic rings. The molecule has 3 nitrogen and oxygen atoms in total. The lowest BCUT2D eigenvalue weighted by molar-refractivity contribution is -0.660. The molecule has 0 saturated carbocycles. The van der Waals surface area contributed by atoms with Crippen molar-refractivity contribution in [3.63, 3.8) is 0 Å². The Balaban J connectivity index is 1.66. The molecule has 0 spiro atoms. The van der Waals surface area contributed by atoms with Crippen LogP contribution in [0.25, 0.3) is 55.1 Å². The number of rotatable bonds is 2. The zero-order valence-electron chi connectivity index (χ0n) is 18.5. The Morgan fingerprint density at radius 3 is 2.39 bits per heavy atom. The predicted octanol–water partition coefficient (Wildman–Crippen LogP) is 7.08. The summed E-state index contributed by atoms with van der Waals surface area (Å²) in [5.41, 5.74) is 7.38. The zero-order valence-corrected chi connectivity index (χ0v) is 18.5. The molecule has 0 amide bonds. The highest BCUT2D eigenvalue weighted by Gasteiger charge is 2.21. The van der Waals surface area contributed by atoms with Gasteiger partial charge in [0.25, 0.3) is 0 Å². The predicted molar refractivity (Wildman–Crippen MR) is 133 cm³/mol. The van der Waals surface area contributed by atoms with E-state index in [4.69, 9.17) is 4.42 Å². The smallest absolute Gasteiger partial charge is 0.216 e. The minimum Gasteiger partial charge on any atom is -0.454 e. The molecule has 3 heteroatoms. The fourth-order valence-corrected chi connectivity index (χ4v) is 4.76. The Bertz CT molecular complexity index is 1750. The number of fused-ring (bicyclic) bond motifs is 4. The molecule has 0 aliphatic carbocycles. The molecule has 0 aliphatic heterocycles. The van der Waals surface area contributed by atoms with Crippen LogP contribution in [0.1, 0.15) is 11.1 Å². The highest BCUT2D eigenvalue weighted by molar-refractivity contribution is 6.12. The van der Waals surface area contributed by atoms with Gasteiger partial charge in [-0.15, -0.1) is 0 Å². The van der Waals surface area contributed by atoms with Gasteiger partial charge in [-0.1, -0.05) is 48.5 Å². The summed E-state index contributed by atoms with van der Waals surface area (Å²) in [6.07, 6.45) is 2.04. The number of aromatic nitrogens is 1. The minimum atomic E-state index is 0.549. The topological polar surface area (TPSA) is 40.8 Å². The largest absolute Gasteiger partial charge is 0.454 e. The van der Waals surface area contributed by atoms with Crippen LogP contribution in [0.4, 0.5) is 0 Å². The van der Waals surface area contributed by atoms with Crippen molar-refractivity contribution in [2.75, 3.05) is 0 Å². The quantitative estimate of drug-likeness (QED) is 0.278. The van der Waals surface area contributed by atoms with E-state index >= 15 is 0 Å². The average molecular weight is 426 g/mol. The fraction of sp³-hybridized carbons (Fsp3) is 0.0667. The van der Waals surface area contributed by atoms with Crippen LogP contribution in [0.3, 0.4) is 0 Å². The molecule has 6 rings (SSSR count). The molecule has 2 aromatic heterocycles. The first kappa shape index (κ1) is 19.3. The maximum Gasteiger partial charge on any atom is 0.216 e. The number of furan rings is 1. The molecule has 0 N–H and O–H groups in total. The molecule has 4 aromatic carbocycles. The molecule has 0 saturated heterocycles. The second kappa shape index (κ2) is 7.32. The van der Waals surface area contributed by atoms with Crippen LogP contribution in [0.2, 0.25) is 0 Å². The third-order valence-electron chi connectivity index (χ3n) is 6.46. The summed E-state index contributed by atoms with van der Waals surface area (Å²) < 4.78 is 8.52. The SMILES string of the molecule is Cc1ccc2c(oc3c(C#N)cc(-c4ccc5ccccc5c4)cc32)c1-c1cccc[n+]1C. The maximum atomic E-state index is 9.97. The van der Waals surface area contributed by atoms with Crippen molar-refractivity contribution < 1.29 is 8.98 Å². The fourth-order valence-electron chi connectivity index (χ4n) is 4.76. The van der Waals surface area contributed by atoms with Gasteiger partial charge in [0.15, 0.2) is 11.8 Å². The lowest BCUT2D eigenvalue weighted by Crippen LogP contribution is -2.30. The summed E-state index contributed by atoms with van der Waals surface area (Å²) in [5.74, 6) is 0. The van der Waals surface area contributed by atoms with Crippen LogP contribution in [0, 0.1) is 18.3 Å². The van der Waals surface area contributed by atoms with Gasteiger partial charge in [-0.2, -0.15) is 5.26 Å². The van der Waals surface area contributed by atoms with Gasteiger partial charge >= 0.3 is 0 Å². The first-order chi connectivity index (χ1) is 16.1. The molecular formula is C30H21N2O+. The number of benzene rings is 4. The zero-order chi connectivity index (χ0) is 22.5. The van der Waals surface area contributed by atoms with Gasteiger partial charge in [-0.25, -0.2) is 4.57 Å².